The minimum Gasteiger partial charge on any atom is -0.379 e. The Bertz CT molecular complexity index is 1200. The van der Waals surface area contributed by atoms with Crippen LogP contribution in [0.1, 0.15) is 18.2 Å². The predicted molar refractivity (Wildman–Crippen MR) is 140 cm³/mol. The van der Waals surface area contributed by atoms with E-state index in [9.17, 15) is 0 Å². The summed E-state index contributed by atoms with van der Waals surface area (Å²) in [6.07, 6.45) is 1.07. The number of benzene rings is 2. The molecule has 1 unspecified atom stereocenters. The molecular weight excluding hydrogens is 440 g/mol. The summed E-state index contributed by atoms with van der Waals surface area (Å²) < 4.78 is 7.79. The molecule has 2 aromatic carbocycles. The number of nitrogens with zero attached hydrogens (tertiary/aromatic N) is 7. The van der Waals surface area contributed by atoms with Crippen molar-refractivity contribution in [2.24, 2.45) is 4.99 Å². The molecule has 0 aliphatic carbocycles. The van der Waals surface area contributed by atoms with E-state index in [-0.39, 0.29) is 6.17 Å². The van der Waals surface area contributed by atoms with Gasteiger partial charge >= 0.3 is 0 Å². The quantitative estimate of drug-likeness (QED) is 0.589. The molecule has 1 fully saturated rings. The number of imidazole rings is 1. The summed E-state index contributed by atoms with van der Waals surface area (Å²) in [5.41, 5.74) is 4.50. The molecule has 3 aromatic rings. The number of fused-ring (bicyclic) bond motifs is 5. The molecule has 0 amide bonds. The van der Waals surface area contributed by atoms with Crippen LogP contribution in [-0.2, 0) is 4.74 Å². The highest BCUT2D eigenvalue weighted by molar-refractivity contribution is 5.98. The largest absolute Gasteiger partial charge is 0.379 e. The second-order valence-electron chi connectivity index (χ2n) is 9.70. The smallest absolute Gasteiger partial charge is 0.216 e. The van der Waals surface area contributed by atoms with Crippen LogP contribution in [0.2, 0.25) is 0 Å². The van der Waals surface area contributed by atoms with Crippen molar-refractivity contribution in [3.8, 4) is 0 Å². The highest BCUT2D eigenvalue weighted by Gasteiger charge is 2.35. The number of nitrogens with one attached hydrogen (secondary N) is 1. The Morgan fingerprint density at radius 1 is 1.00 bits per heavy atom. The Morgan fingerprint density at radius 3 is 2.57 bits per heavy atom. The van der Waals surface area contributed by atoms with Crippen LogP contribution in [-0.4, -0.2) is 92.1 Å². The van der Waals surface area contributed by atoms with Gasteiger partial charge in [-0.1, -0.05) is 24.3 Å². The van der Waals surface area contributed by atoms with Crippen molar-refractivity contribution in [3.05, 3.63) is 54.1 Å². The van der Waals surface area contributed by atoms with Crippen LogP contribution < -0.4 is 15.1 Å². The summed E-state index contributed by atoms with van der Waals surface area (Å²) in [6.45, 7) is 7.40. The summed E-state index contributed by atoms with van der Waals surface area (Å²) in [4.78, 5) is 19.3. The second-order valence-corrected chi connectivity index (χ2v) is 9.70. The SMILES string of the molecule is CN(C)c1ccc(C2NC3=NCN(CCCN4CCOCC4)CN3c3nc4ccccc4n32)cc1. The van der Waals surface area contributed by atoms with Crippen molar-refractivity contribution in [2.75, 3.05) is 76.6 Å². The van der Waals surface area contributed by atoms with Crippen LogP contribution in [0.15, 0.2) is 53.5 Å². The first-order valence-electron chi connectivity index (χ1n) is 12.5. The third-order valence-corrected chi connectivity index (χ3v) is 7.14. The Balaban J connectivity index is 1.26. The van der Waals surface area contributed by atoms with Gasteiger partial charge in [-0.05, 0) is 42.8 Å². The number of morpholine rings is 1. The number of aliphatic imine (C=N–C) groups is 1. The molecule has 184 valence electrons. The lowest BCUT2D eigenvalue weighted by molar-refractivity contribution is 0.0361. The van der Waals surface area contributed by atoms with E-state index in [1.807, 2.05) is 0 Å². The van der Waals surface area contributed by atoms with Gasteiger partial charge in [0.05, 0.1) is 37.6 Å². The van der Waals surface area contributed by atoms with E-state index >= 15 is 0 Å². The van der Waals surface area contributed by atoms with Gasteiger partial charge in [0.1, 0.15) is 6.17 Å². The topological polar surface area (TPSA) is 64.4 Å². The van der Waals surface area contributed by atoms with Crippen molar-refractivity contribution in [1.82, 2.24) is 24.7 Å². The fourth-order valence-electron chi connectivity index (χ4n) is 5.18. The molecule has 0 spiro atoms. The number of aromatic nitrogens is 2. The van der Waals surface area contributed by atoms with Crippen molar-refractivity contribution >= 4 is 28.6 Å². The van der Waals surface area contributed by atoms with E-state index in [0.717, 1.165) is 75.4 Å². The molecule has 1 N–H and O–H groups in total. The van der Waals surface area contributed by atoms with Crippen LogP contribution in [0.25, 0.3) is 11.0 Å². The van der Waals surface area contributed by atoms with Crippen molar-refractivity contribution < 1.29 is 4.74 Å². The summed E-state index contributed by atoms with van der Waals surface area (Å²) in [6, 6.07) is 17.1. The molecule has 3 aliphatic rings. The normalized spacial score (nSPS) is 20.8. The molecule has 1 saturated heterocycles. The van der Waals surface area contributed by atoms with Gasteiger partial charge < -0.3 is 15.0 Å². The Kier molecular flexibility index (Phi) is 6.05. The average molecular weight is 475 g/mol. The second kappa shape index (κ2) is 9.49. The Hall–Kier alpha value is -3.14. The standard InChI is InChI=1S/C26H34N8O/c1-30(2)21-10-8-20(9-11-21)24-29-25-27-18-32(13-5-12-31-14-16-35-17-15-31)19-33(25)26-28-22-6-3-4-7-23(22)34(24)26/h3-4,6-11,24H,5,12-19H2,1-2H3,(H,27,29). The molecule has 9 nitrogen and oxygen atoms in total. The van der Waals surface area contributed by atoms with Gasteiger partial charge in [-0.15, -0.1) is 0 Å². The van der Waals surface area contributed by atoms with Gasteiger partial charge in [0, 0.05) is 39.4 Å². The predicted octanol–water partition coefficient (Wildman–Crippen LogP) is 2.37. The van der Waals surface area contributed by atoms with Gasteiger partial charge in [-0.25, -0.2) is 9.98 Å². The summed E-state index contributed by atoms with van der Waals surface area (Å²) in [7, 11) is 4.13. The number of para-hydroxylation sites is 2. The molecular formula is C26H34N8O. The third kappa shape index (κ3) is 4.35. The minimum atomic E-state index is -0.0588. The molecule has 3 aliphatic heterocycles. The lowest BCUT2D eigenvalue weighted by atomic mass is 10.1. The van der Waals surface area contributed by atoms with Gasteiger partial charge in [0.25, 0.3) is 0 Å². The molecule has 4 heterocycles. The van der Waals surface area contributed by atoms with Crippen LogP contribution in [0, 0.1) is 0 Å². The first-order chi connectivity index (χ1) is 17.2. The van der Waals surface area contributed by atoms with Crippen LogP contribution in [0.3, 0.4) is 0 Å². The van der Waals surface area contributed by atoms with Crippen LogP contribution in [0.5, 0.6) is 0 Å². The first kappa shape index (κ1) is 22.3. The highest BCUT2D eigenvalue weighted by Crippen LogP contribution is 2.34. The lowest BCUT2D eigenvalue weighted by Gasteiger charge is -2.42. The first-order valence-corrected chi connectivity index (χ1v) is 12.5. The van der Waals surface area contributed by atoms with Gasteiger partial charge in [0.15, 0.2) is 0 Å². The third-order valence-electron chi connectivity index (χ3n) is 7.14. The number of ether oxygens (including phenoxy) is 1. The van der Waals surface area contributed by atoms with Crippen molar-refractivity contribution in [3.63, 3.8) is 0 Å². The van der Waals surface area contributed by atoms with Gasteiger partial charge in [0.2, 0.25) is 11.9 Å². The molecule has 6 rings (SSSR count). The van der Waals surface area contributed by atoms with Crippen molar-refractivity contribution in [1.29, 1.82) is 0 Å². The number of rotatable bonds is 6. The molecule has 1 atom stereocenters. The highest BCUT2D eigenvalue weighted by atomic mass is 16.5. The maximum Gasteiger partial charge on any atom is 0.216 e. The Labute approximate surface area is 206 Å². The fraction of sp³-hybridized carbons (Fsp3) is 0.462. The van der Waals surface area contributed by atoms with E-state index < -0.39 is 0 Å². The van der Waals surface area contributed by atoms with E-state index in [4.69, 9.17) is 14.7 Å². The lowest BCUT2D eigenvalue weighted by Crippen LogP contribution is -2.57. The fourth-order valence-corrected chi connectivity index (χ4v) is 5.18. The monoisotopic (exact) mass is 474 g/mol. The van der Waals surface area contributed by atoms with Crippen LogP contribution in [0.4, 0.5) is 11.6 Å². The van der Waals surface area contributed by atoms with Crippen molar-refractivity contribution in [2.45, 2.75) is 12.6 Å². The summed E-state index contributed by atoms with van der Waals surface area (Å²) in [5, 5.41) is 3.72. The van der Waals surface area contributed by atoms with E-state index in [2.05, 4.69) is 92.1 Å². The number of guanidine groups is 1. The molecule has 0 radical (unpaired) electrons. The molecule has 0 bridgehead atoms. The average Bonchev–Trinajstić information content (AvgIpc) is 3.29. The van der Waals surface area contributed by atoms with Crippen LogP contribution >= 0.6 is 0 Å². The number of hydrogen-bond acceptors (Lipinski definition) is 8. The van der Waals surface area contributed by atoms with E-state index in [0.29, 0.717) is 6.67 Å². The maximum atomic E-state index is 5.48. The number of hydrogen-bond donors (Lipinski definition) is 1. The zero-order valence-electron chi connectivity index (χ0n) is 20.6. The maximum absolute atomic E-state index is 5.48. The number of anilines is 2. The molecule has 1 aromatic heterocycles. The molecule has 0 saturated carbocycles. The zero-order valence-corrected chi connectivity index (χ0v) is 20.6. The Morgan fingerprint density at radius 2 is 1.77 bits per heavy atom. The van der Waals surface area contributed by atoms with Gasteiger partial charge in [-0.3, -0.25) is 19.3 Å². The van der Waals surface area contributed by atoms with Gasteiger partial charge in [-0.2, -0.15) is 0 Å². The zero-order chi connectivity index (χ0) is 23.8. The summed E-state index contributed by atoms with van der Waals surface area (Å²) in [5.74, 6) is 1.85. The van der Waals surface area contributed by atoms with E-state index in [1.165, 1.54) is 11.3 Å². The molecule has 35 heavy (non-hydrogen) atoms. The van der Waals surface area contributed by atoms with E-state index in [1.54, 1.807) is 0 Å². The minimum absolute atomic E-state index is 0.0588. The summed E-state index contributed by atoms with van der Waals surface area (Å²) >= 11 is 0. The molecule has 9 heteroatoms.